The maximum absolute atomic E-state index is 13.1. The van der Waals surface area contributed by atoms with Crippen LogP contribution in [-0.2, 0) is 9.53 Å². The topological polar surface area (TPSA) is 72.1 Å². The minimum absolute atomic E-state index is 0.0775. The Morgan fingerprint density at radius 2 is 2.08 bits per heavy atom. The molecule has 2 N–H and O–H groups in total. The van der Waals surface area contributed by atoms with E-state index in [1.54, 1.807) is 0 Å². The van der Waals surface area contributed by atoms with Crippen LogP contribution in [0.4, 0.5) is 0 Å². The zero-order valence-corrected chi connectivity index (χ0v) is 14.5. The monoisotopic (exact) mass is 347 g/mol. The van der Waals surface area contributed by atoms with Gasteiger partial charge >= 0.3 is 0 Å². The Morgan fingerprint density at radius 1 is 1.24 bits per heavy atom. The van der Waals surface area contributed by atoms with E-state index in [-0.39, 0.29) is 24.0 Å². The molecule has 2 fully saturated rings. The second kappa shape index (κ2) is 7.19. The zero-order chi connectivity index (χ0) is 17.2. The Balaban J connectivity index is 1.51. The molecule has 3 aliphatic rings. The van der Waals surface area contributed by atoms with E-state index in [4.69, 9.17) is 14.2 Å². The van der Waals surface area contributed by atoms with Crippen LogP contribution in [0.25, 0.3) is 0 Å². The van der Waals surface area contributed by atoms with Crippen molar-refractivity contribution in [3.8, 4) is 11.5 Å². The molecular formula is C18H25N3O4. The fourth-order valence-electron chi connectivity index (χ4n) is 3.70. The van der Waals surface area contributed by atoms with Crippen LogP contribution in [0.3, 0.4) is 0 Å². The Hall–Kier alpha value is -1.83. The molecule has 1 amide bonds. The number of rotatable bonds is 3. The third-order valence-corrected chi connectivity index (χ3v) is 5.13. The van der Waals surface area contributed by atoms with Crippen molar-refractivity contribution in [2.45, 2.75) is 25.5 Å². The van der Waals surface area contributed by atoms with Crippen molar-refractivity contribution in [1.29, 1.82) is 0 Å². The number of hydrogen-bond donors (Lipinski definition) is 2. The minimum atomic E-state index is -0.141. The first-order chi connectivity index (χ1) is 12.3. The van der Waals surface area contributed by atoms with Crippen LogP contribution in [0.2, 0.25) is 0 Å². The number of nitrogens with zero attached hydrogens (tertiary/aromatic N) is 1. The average molecular weight is 347 g/mol. The molecule has 4 rings (SSSR count). The first kappa shape index (κ1) is 16.6. The molecule has 25 heavy (non-hydrogen) atoms. The molecule has 0 radical (unpaired) electrons. The highest BCUT2D eigenvalue weighted by molar-refractivity contribution is 5.80. The van der Waals surface area contributed by atoms with Crippen LogP contribution in [0.1, 0.15) is 24.9 Å². The number of benzene rings is 1. The molecule has 0 saturated carbocycles. The Kier molecular flexibility index (Phi) is 4.78. The molecule has 3 heterocycles. The molecule has 3 atom stereocenters. The van der Waals surface area contributed by atoms with Gasteiger partial charge in [-0.25, -0.2) is 5.43 Å². The molecule has 1 aromatic carbocycles. The van der Waals surface area contributed by atoms with Gasteiger partial charge < -0.3 is 19.1 Å². The molecule has 7 heteroatoms. The molecular weight excluding hydrogens is 322 g/mol. The third-order valence-electron chi connectivity index (χ3n) is 5.13. The minimum Gasteiger partial charge on any atom is -0.486 e. The number of carbonyl (C=O) groups is 1. The van der Waals surface area contributed by atoms with Gasteiger partial charge in [-0.1, -0.05) is 13.0 Å². The standard InChI is InChI=1S/C18H25N3O4/c1-2-13-11-21(5-6-23-13)18(22)14-10-19-20-17(14)12-3-4-15-16(9-12)25-8-7-24-15/h3-4,9,13-14,17,19-20H,2,5-8,10-11H2,1H3. The van der Waals surface area contributed by atoms with Gasteiger partial charge in [0.05, 0.1) is 24.7 Å². The van der Waals surface area contributed by atoms with E-state index < -0.39 is 0 Å². The molecule has 3 unspecified atom stereocenters. The van der Waals surface area contributed by atoms with Crippen molar-refractivity contribution >= 4 is 5.91 Å². The van der Waals surface area contributed by atoms with Crippen molar-refractivity contribution in [3.05, 3.63) is 23.8 Å². The van der Waals surface area contributed by atoms with Crippen LogP contribution in [0.15, 0.2) is 18.2 Å². The lowest BCUT2D eigenvalue weighted by Gasteiger charge is -2.35. The first-order valence-electron chi connectivity index (χ1n) is 9.04. The van der Waals surface area contributed by atoms with Crippen LogP contribution >= 0.6 is 0 Å². The van der Waals surface area contributed by atoms with Gasteiger partial charge in [0.1, 0.15) is 13.2 Å². The van der Waals surface area contributed by atoms with Gasteiger partial charge in [0.2, 0.25) is 5.91 Å². The predicted octanol–water partition coefficient (Wildman–Crippen LogP) is 0.860. The lowest BCUT2D eigenvalue weighted by Crippen LogP contribution is -2.48. The Labute approximate surface area is 147 Å². The molecule has 0 bridgehead atoms. The summed E-state index contributed by atoms with van der Waals surface area (Å²) >= 11 is 0. The van der Waals surface area contributed by atoms with E-state index in [1.165, 1.54) is 0 Å². The number of morpholine rings is 1. The largest absolute Gasteiger partial charge is 0.486 e. The van der Waals surface area contributed by atoms with Crippen LogP contribution in [0.5, 0.6) is 11.5 Å². The highest BCUT2D eigenvalue weighted by Crippen LogP contribution is 2.35. The molecule has 2 saturated heterocycles. The quantitative estimate of drug-likeness (QED) is 0.845. The van der Waals surface area contributed by atoms with Gasteiger partial charge in [-0.15, -0.1) is 0 Å². The van der Waals surface area contributed by atoms with Crippen molar-refractivity contribution in [3.63, 3.8) is 0 Å². The van der Waals surface area contributed by atoms with E-state index in [0.29, 0.717) is 39.5 Å². The van der Waals surface area contributed by atoms with Crippen molar-refractivity contribution < 1.29 is 19.0 Å². The van der Waals surface area contributed by atoms with Crippen molar-refractivity contribution in [2.75, 3.05) is 39.5 Å². The van der Waals surface area contributed by atoms with E-state index in [1.807, 2.05) is 23.1 Å². The van der Waals surface area contributed by atoms with Gasteiger partial charge in [0.15, 0.2) is 11.5 Å². The highest BCUT2D eigenvalue weighted by atomic mass is 16.6. The lowest BCUT2D eigenvalue weighted by molar-refractivity contribution is -0.143. The van der Waals surface area contributed by atoms with Gasteiger partial charge in [-0.2, -0.15) is 0 Å². The number of ether oxygens (including phenoxy) is 3. The van der Waals surface area contributed by atoms with Crippen LogP contribution in [0, 0.1) is 5.92 Å². The summed E-state index contributed by atoms with van der Waals surface area (Å²) in [6.45, 7) is 5.81. The number of amides is 1. The third kappa shape index (κ3) is 3.31. The molecule has 136 valence electrons. The molecule has 0 aromatic heterocycles. The summed E-state index contributed by atoms with van der Waals surface area (Å²) in [6.07, 6.45) is 1.07. The van der Waals surface area contributed by atoms with Gasteiger partial charge in [0.25, 0.3) is 0 Å². The van der Waals surface area contributed by atoms with Gasteiger partial charge in [-0.05, 0) is 24.1 Å². The van der Waals surface area contributed by atoms with E-state index in [2.05, 4.69) is 17.8 Å². The normalized spacial score (nSPS) is 28.8. The van der Waals surface area contributed by atoms with Crippen molar-refractivity contribution in [2.24, 2.45) is 5.92 Å². The van der Waals surface area contributed by atoms with E-state index >= 15 is 0 Å². The fourth-order valence-corrected chi connectivity index (χ4v) is 3.70. The summed E-state index contributed by atoms with van der Waals surface area (Å²) in [4.78, 5) is 15.0. The summed E-state index contributed by atoms with van der Waals surface area (Å²) in [5.74, 6) is 1.56. The number of fused-ring (bicyclic) bond motifs is 1. The fraction of sp³-hybridized carbons (Fsp3) is 0.611. The molecule has 7 nitrogen and oxygen atoms in total. The van der Waals surface area contributed by atoms with E-state index in [0.717, 1.165) is 23.5 Å². The molecule has 0 aliphatic carbocycles. The molecule has 3 aliphatic heterocycles. The summed E-state index contributed by atoms with van der Waals surface area (Å²) in [5.41, 5.74) is 7.43. The highest BCUT2D eigenvalue weighted by Gasteiger charge is 2.38. The summed E-state index contributed by atoms with van der Waals surface area (Å²) in [7, 11) is 0. The number of hydrogen-bond acceptors (Lipinski definition) is 6. The maximum atomic E-state index is 13.1. The summed E-state index contributed by atoms with van der Waals surface area (Å²) < 4.78 is 17.0. The Morgan fingerprint density at radius 3 is 2.92 bits per heavy atom. The maximum Gasteiger partial charge on any atom is 0.229 e. The second-order valence-corrected chi connectivity index (χ2v) is 6.70. The molecule has 1 aromatic rings. The smallest absolute Gasteiger partial charge is 0.229 e. The first-order valence-corrected chi connectivity index (χ1v) is 9.04. The average Bonchev–Trinajstić information content (AvgIpc) is 3.17. The number of hydrazine groups is 1. The summed E-state index contributed by atoms with van der Waals surface area (Å²) in [6, 6.07) is 5.83. The lowest BCUT2D eigenvalue weighted by atomic mass is 9.93. The van der Waals surface area contributed by atoms with E-state index in [9.17, 15) is 4.79 Å². The van der Waals surface area contributed by atoms with Crippen LogP contribution < -0.4 is 20.3 Å². The SMILES string of the molecule is CCC1CN(C(=O)C2CNNC2c2ccc3c(c2)OCCO3)CCO1. The van der Waals surface area contributed by atoms with Crippen LogP contribution in [-0.4, -0.2) is 56.4 Å². The van der Waals surface area contributed by atoms with Gasteiger partial charge in [-0.3, -0.25) is 10.2 Å². The summed E-state index contributed by atoms with van der Waals surface area (Å²) in [5, 5.41) is 0. The number of carbonyl (C=O) groups excluding carboxylic acids is 1. The Bertz CT molecular complexity index is 639. The second-order valence-electron chi connectivity index (χ2n) is 6.70. The zero-order valence-electron chi connectivity index (χ0n) is 14.5. The molecule has 0 spiro atoms. The number of nitrogens with one attached hydrogen (secondary N) is 2. The van der Waals surface area contributed by atoms with Gasteiger partial charge in [0, 0.05) is 19.6 Å². The van der Waals surface area contributed by atoms with Crippen molar-refractivity contribution in [1.82, 2.24) is 15.8 Å². The predicted molar refractivity (Wildman–Crippen MR) is 91.4 cm³/mol.